The zero-order valence-electron chi connectivity index (χ0n) is 13.3. The minimum Gasteiger partial charge on any atom is -0.435 e. The summed E-state index contributed by atoms with van der Waals surface area (Å²) in [6, 6.07) is 5.71. The van der Waals surface area contributed by atoms with Crippen LogP contribution in [0.3, 0.4) is 0 Å². The Bertz CT molecular complexity index is 692. The number of alkyl halides is 2. The maximum Gasteiger partial charge on any atom is 0.387 e. The van der Waals surface area contributed by atoms with Gasteiger partial charge in [-0.2, -0.15) is 8.78 Å². The summed E-state index contributed by atoms with van der Waals surface area (Å²) in [6.45, 7) is -0.918. The van der Waals surface area contributed by atoms with E-state index in [-0.39, 0.29) is 29.7 Å². The highest BCUT2D eigenvalue weighted by atomic mass is 32.2. The Morgan fingerprint density at radius 2 is 2.00 bits per heavy atom. The van der Waals surface area contributed by atoms with Gasteiger partial charge in [0.2, 0.25) is 5.91 Å². The van der Waals surface area contributed by atoms with Crippen molar-refractivity contribution in [2.45, 2.75) is 20.0 Å². The number of halogens is 2. The molecule has 0 unspecified atom stereocenters. The van der Waals surface area contributed by atoms with Gasteiger partial charge in [0.15, 0.2) is 0 Å². The van der Waals surface area contributed by atoms with E-state index in [1.54, 1.807) is 6.92 Å². The number of nitrogens with one attached hydrogen (secondary N) is 1. The zero-order chi connectivity index (χ0) is 18.4. The van der Waals surface area contributed by atoms with Gasteiger partial charge < -0.3 is 10.1 Å². The van der Waals surface area contributed by atoms with Crippen molar-refractivity contribution in [3.05, 3.63) is 34.7 Å². The number of benzene rings is 1. The van der Waals surface area contributed by atoms with Gasteiger partial charge in [-0.25, -0.2) is 0 Å². The lowest BCUT2D eigenvalue weighted by Crippen LogP contribution is -2.37. The van der Waals surface area contributed by atoms with Crippen LogP contribution in [0.25, 0.3) is 6.08 Å². The van der Waals surface area contributed by atoms with Crippen molar-refractivity contribution < 1.29 is 27.9 Å². The Labute approximate surface area is 147 Å². The Morgan fingerprint density at radius 1 is 1.32 bits per heavy atom. The zero-order valence-corrected chi connectivity index (χ0v) is 14.1. The molecular formula is C16H16F2N2O4S. The molecule has 2 rings (SSSR count). The van der Waals surface area contributed by atoms with Gasteiger partial charge >= 0.3 is 6.61 Å². The number of thioether (sulfide) groups is 1. The molecule has 1 heterocycles. The molecule has 1 saturated heterocycles. The standard InChI is InChI=1S/C16H16F2N2O4S/c1-2-13(21)19-7-8-20-14(22)12(25-16(20)23)9-10-3-5-11(6-4-10)24-15(17)18/h3-6,9,15H,2,7-8H2,1H3,(H,19,21)/b12-9+. The van der Waals surface area contributed by atoms with Crippen LogP contribution in [0.2, 0.25) is 0 Å². The fourth-order valence-electron chi connectivity index (χ4n) is 2.02. The lowest BCUT2D eigenvalue weighted by Gasteiger charge is -2.12. The van der Waals surface area contributed by atoms with Crippen LogP contribution in [0.15, 0.2) is 29.2 Å². The Hall–Kier alpha value is -2.42. The van der Waals surface area contributed by atoms with Crippen molar-refractivity contribution in [2.24, 2.45) is 0 Å². The quantitative estimate of drug-likeness (QED) is 0.747. The van der Waals surface area contributed by atoms with Gasteiger partial charge in [0.25, 0.3) is 11.1 Å². The van der Waals surface area contributed by atoms with E-state index < -0.39 is 17.8 Å². The van der Waals surface area contributed by atoms with E-state index in [2.05, 4.69) is 10.1 Å². The Balaban J connectivity index is 2.00. The second-order valence-electron chi connectivity index (χ2n) is 4.98. The third-order valence-corrected chi connectivity index (χ3v) is 4.16. The van der Waals surface area contributed by atoms with Crippen LogP contribution in [0.5, 0.6) is 5.75 Å². The number of ether oxygens (including phenoxy) is 1. The van der Waals surface area contributed by atoms with Gasteiger partial charge in [-0.15, -0.1) is 0 Å². The fraction of sp³-hybridized carbons (Fsp3) is 0.312. The molecule has 0 aromatic heterocycles. The lowest BCUT2D eigenvalue weighted by atomic mass is 10.2. The van der Waals surface area contributed by atoms with E-state index in [4.69, 9.17) is 0 Å². The van der Waals surface area contributed by atoms with E-state index in [1.165, 1.54) is 30.3 Å². The molecule has 0 radical (unpaired) electrons. The van der Waals surface area contributed by atoms with Crippen molar-refractivity contribution in [1.82, 2.24) is 10.2 Å². The summed E-state index contributed by atoms with van der Waals surface area (Å²) in [6.07, 6.45) is 1.83. The molecule has 0 atom stereocenters. The molecule has 9 heteroatoms. The first-order valence-corrected chi connectivity index (χ1v) is 8.29. The van der Waals surface area contributed by atoms with Crippen LogP contribution in [-0.2, 0) is 9.59 Å². The smallest absolute Gasteiger partial charge is 0.387 e. The average molecular weight is 370 g/mol. The fourth-order valence-corrected chi connectivity index (χ4v) is 2.89. The molecule has 0 bridgehead atoms. The number of rotatable bonds is 7. The van der Waals surface area contributed by atoms with Gasteiger partial charge in [-0.3, -0.25) is 19.3 Å². The molecule has 1 aliphatic rings. The Morgan fingerprint density at radius 3 is 2.60 bits per heavy atom. The number of hydrogen-bond acceptors (Lipinski definition) is 5. The minimum absolute atomic E-state index is 0.00641. The molecule has 1 aromatic carbocycles. The number of carbonyl (C=O) groups is 3. The topological polar surface area (TPSA) is 75.7 Å². The summed E-state index contributed by atoms with van der Waals surface area (Å²) in [5.41, 5.74) is 0.575. The molecule has 0 spiro atoms. The lowest BCUT2D eigenvalue weighted by molar-refractivity contribution is -0.124. The number of carbonyl (C=O) groups excluding carboxylic acids is 3. The van der Waals surface area contributed by atoms with E-state index in [0.717, 1.165) is 16.7 Å². The predicted octanol–water partition coefficient (Wildman–Crippen LogP) is 2.85. The second kappa shape index (κ2) is 8.61. The first kappa shape index (κ1) is 18.9. The van der Waals surface area contributed by atoms with Crippen LogP contribution >= 0.6 is 11.8 Å². The molecule has 6 nitrogen and oxygen atoms in total. The normalized spacial score (nSPS) is 16.0. The second-order valence-corrected chi connectivity index (χ2v) is 5.98. The monoisotopic (exact) mass is 370 g/mol. The number of nitrogens with zero attached hydrogens (tertiary/aromatic N) is 1. The molecule has 134 valence electrons. The highest BCUT2D eigenvalue weighted by molar-refractivity contribution is 8.18. The number of imide groups is 1. The maximum atomic E-state index is 12.3. The minimum atomic E-state index is -2.91. The molecular weight excluding hydrogens is 354 g/mol. The van der Waals surface area contributed by atoms with Crippen LogP contribution in [0, 0.1) is 0 Å². The van der Waals surface area contributed by atoms with Gasteiger partial charge in [0, 0.05) is 19.5 Å². The summed E-state index contributed by atoms with van der Waals surface area (Å²) in [5, 5.41) is 2.18. The highest BCUT2D eigenvalue weighted by Gasteiger charge is 2.34. The third kappa shape index (κ3) is 5.28. The van der Waals surface area contributed by atoms with Gasteiger partial charge in [0.1, 0.15) is 5.75 Å². The van der Waals surface area contributed by atoms with E-state index in [0.29, 0.717) is 12.0 Å². The van der Waals surface area contributed by atoms with Gasteiger partial charge in [-0.1, -0.05) is 19.1 Å². The van der Waals surface area contributed by atoms with Crippen LogP contribution < -0.4 is 10.1 Å². The van der Waals surface area contributed by atoms with Crippen molar-refractivity contribution in [3.8, 4) is 5.75 Å². The summed E-state index contributed by atoms with van der Waals surface area (Å²) >= 11 is 0.791. The molecule has 0 saturated carbocycles. The van der Waals surface area contributed by atoms with Crippen LogP contribution in [0.1, 0.15) is 18.9 Å². The summed E-state index contributed by atoms with van der Waals surface area (Å²) in [7, 11) is 0. The van der Waals surface area contributed by atoms with E-state index in [9.17, 15) is 23.2 Å². The molecule has 1 aromatic rings. The van der Waals surface area contributed by atoms with Crippen molar-refractivity contribution in [3.63, 3.8) is 0 Å². The molecule has 1 N–H and O–H groups in total. The van der Waals surface area contributed by atoms with Gasteiger partial charge in [0.05, 0.1) is 4.91 Å². The predicted molar refractivity (Wildman–Crippen MR) is 89.1 cm³/mol. The van der Waals surface area contributed by atoms with E-state index >= 15 is 0 Å². The van der Waals surface area contributed by atoms with Crippen molar-refractivity contribution in [1.29, 1.82) is 0 Å². The Kier molecular flexibility index (Phi) is 6.51. The average Bonchev–Trinajstić information content (AvgIpc) is 2.83. The molecule has 3 amide bonds. The maximum absolute atomic E-state index is 12.3. The molecule has 1 fully saturated rings. The molecule has 25 heavy (non-hydrogen) atoms. The summed E-state index contributed by atoms with van der Waals surface area (Å²) < 4.78 is 28.5. The number of hydrogen-bond donors (Lipinski definition) is 1. The first-order valence-electron chi connectivity index (χ1n) is 7.47. The summed E-state index contributed by atoms with van der Waals surface area (Å²) in [4.78, 5) is 36.6. The van der Waals surface area contributed by atoms with Crippen LogP contribution in [0.4, 0.5) is 13.6 Å². The van der Waals surface area contributed by atoms with Crippen molar-refractivity contribution in [2.75, 3.05) is 13.1 Å². The first-order chi connectivity index (χ1) is 11.9. The SMILES string of the molecule is CCC(=O)NCCN1C(=O)S/C(=C/c2ccc(OC(F)F)cc2)C1=O. The molecule has 0 aliphatic carbocycles. The third-order valence-electron chi connectivity index (χ3n) is 3.26. The molecule has 1 aliphatic heterocycles. The largest absolute Gasteiger partial charge is 0.435 e. The number of amides is 3. The van der Waals surface area contributed by atoms with E-state index in [1.807, 2.05) is 0 Å². The van der Waals surface area contributed by atoms with Crippen LogP contribution in [-0.4, -0.2) is 41.7 Å². The van der Waals surface area contributed by atoms with Gasteiger partial charge in [-0.05, 0) is 35.5 Å². The van der Waals surface area contributed by atoms with Crippen molar-refractivity contribution >= 4 is 34.9 Å². The summed E-state index contributed by atoms with van der Waals surface area (Å²) in [5.74, 6) is -0.603. The highest BCUT2D eigenvalue weighted by Crippen LogP contribution is 2.32.